The van der Waals surface area contributed by atoms with Gasteiger partial charge in [-0.25, -0.2) is 4.39 Å². The Morgan fingerprint density at radius 1 is 1.08 bits per heavy atom. The Bertz CT molecular complexity index is 1150. The predicted molar refractivity (Wildman–Crippen MR) is 133 cm³/mol. The van der Waals surface area contributed by atoms with Gasteiger partial charge in [0.2, 0.25) is 5.91 Å². The number of hydrogen-bond acceptors (Lipinski definition) is 7. The standard InChI is InChI=1S/C27H31FN4O4/c28-23-3-1-2-20(14-23)17-30-27(34)16-24-5-4-21(18-29-24)26-7-6-25(15-22(26)19-33)36-13-12-31-8-10-32(35)11-9-31/h1-7,14-15,18,33,35H,8-13,16-17,19H2,(H,30,34). The first-order chi connectivity index (χ1) is 17.5. The zero-order valence-electron chi connectivity index (χ0n) is 20.1. The van der Waals surface area contributed by atoms with Gasteiger partial charge in [0.25, 0.3) is 0 Å². The fraction of sp³-hybridized carbons (Fsp3) is 0.333. The summed E-state index contributed by atoms with van der Waals surface area (Å²) in [5.74, 6) is 0.150. The second-order valence-corrected chi connectivity index (χ2v) is 8.74. The highest BCUT2D eigenvalue weighted by atomic mass is 19.1. The second-order valence-electron chi connectivity index (χ2n) is 8.74. The third kappa shape index (κ3) is 7.32. The number of rotatable bonds is 10. The summed E-state index contributed by atoms with van der Waals surface area (Å²) in [6, 6.07) is 15.4. The van der Waals surface area contributed by atoms with E-state index in [4.69, 9.17) is 4.74 Å². The maximum atomic E-state index is 13.3. The number of nitrogens with one attached hydrogen (secondary N) is 1. The van der Waals surface area contributed by atoms with Crippen LogP contribution in [0.25, 0.3) is 11.1 Å². The Balaban J connectivity index is 1.30. The number of benzene rings is 2. The van der Waals surface area contributed by atoms with Crippen molar-refractivity contribution < 1.29 is 24.2 Å². The molecule has 2 heterocycles. The van der Waals surface area contributed by atoms with Gasteiger partial charge in [0.05, 0.1) is 13.0 Å². The number of aliphatic hydroxyl groups is 1. The highest BCUT2D eigenvalue weighted by molar-refractivity contribution is 5.78. The number of carbonyl (C=O) groups is 1. The lowest BCUT2D eigenvalue weighted by molar-refractivity contribution is -0.120. The maximum Gasteiger partial charge on any atom is 0.226 e. The molecule has 9 heteroatoms. The molecule has 0 unspecified atom stereocenters. The molecular formula is C27H31FN4O4. The van der Waals surface area contributed by atoms with Crippen molar-refractivity contribution in [3.63, 3.8) is 0 Å². The van der Waals surface area contributed by atoms with E-state index in [2.05, 4.69) is 15.2 Å². The first-order valence-corrected chi connectivity index (χ1v) is 12.0. The molecule has 0 bridgehead atoms. The van der Waals surface area contributed by atoms with Gasteiger partial charge in [-0.2, -0.15) is 5.06 Å². The highest BCUT2D eigenvalue weighted by Gasteiger charge is 2.15. The van der Waals surface area contributed by atoms with Crippen LogP contribution in [-0.4, -0.2) is 70.5 Å². The van der Waals surface area contributed by atoms with E-state index in [0.717, 1.165) is 36.3 Å². The van der Waals surface area contributed by atoms with Crippen molar-refractivity contribution in [2.45, 2.75) is 19.6 Å². The molecule has 1 aliphatic heterocycles. The molecule has 190 valence electrons. The lowest BCUT2D eigenvalue weighted by Crippen LogP contribution is -2.45. The van der Waals surface area contributed by atoms with Crippen molar-refractivity contribution in [1.82, 2.24) is 20.3 Å². The van der Waals surface area contributed by atoms with Crippen LogP contribution in [0, 0.1) is 5.82 Å². The summed E-state index contributed by atoms with van der Waals surface area (Å²) in [6.45, 7) is 4.28. The molecule has 1 fully saturated rings. The van der Waals surface area contributed by atoms with Crippen molar-refractivity contribution in [3.8, 4) is 16.9 Å². The van der Waals surface area contributed by atoms with E-state index in [1.165, 1.54) is 17.2 Å². The number of aliphatic hydroxyl groups excluding tert-OH is 1. The number of nitrogens with zero attached hydrogens (tertiary/aromatic N) is 3. The molecule has 1 aromatic heterocycles. The molecule has 0 radical (unpaired) electrons. The van der Waals surface area contributed by atoms with Gasteiger partial charge in [-0.15, -0.1) is 0 Å². The number of halogens is 1. The molecule has 0 spiro atoms. The summed E-state index contributed by atoms with van der Waals surface area (Å²) in [6.07, 6.45) is 1.80. The van der Waals surface area contributed by atoms with Crippen LogP contribution >= 0.6 is 0 Å². The molecule has 3 N–H and O–H groups in total. The molecule has 0 saturated carbocycles. The van der Waals surface area contributed by atoms with Crippen LogP contribution in [0.15, 0.2) is 60.8 Å². The summed E-state index contributed by atoms with van der Waals surface area (Å²) in [5.41, 5.74) is 3.71. The van der Waals surface area contributed by atoms with Crippen LogP contribution < -0.4 is 10.1 Å². The molecule has 36 heavy (non-hydrogen) atoms. The smallest absolute Gasteiger partial charge is 0.226 e. The summed E-state index contributed by atoms with van der Waals surface area (Å²) in [4.78, 5) is 18.9. The fourth-order valence-corrected chi connectivity index (χ4v) is 4.09. The summed E-state index contributed by atoms with van der Waals surface area (Å²) in [5, 5.41) is 23.5. The number of carbonyl (C=O) groups excluding carboxylic acids is 1. The number of aromatic nitrogens is 1. The normalized spacial score (nSPS) is 14.5. The van der Waals surface area contributed by atoms with Crippen molar-refractivity contribution in [2.24, 2.45) is 0 Å². The van der Waals surface area contributed by atoms with E-state index in [1.807, 2.05) is 24.3 Å². The van der Waals surface area contributed by atoms with Crippen molar-refractivity contribution in [2.75, 3.05) is 39.3 Å². The number of amides is 1. The first-order valence-electron chi connectivity index (χ1n) is 12.0. The average Bonchev–Trinajstić information content (AvgIpc) is 2.89. The number of piperazine rings is 1. The van der Waals surface area contributed by atoms with Gasteiger partial charge in [0, 0.05) is 56.7 Å². The quantitative estimate of drug-likeness (QED) is 0.399. The van der Waals surface area contributed by atoms with Crippen molar-refractivity contribution >= 4 is 5.91 Å². The van der Waals surface area contributed by atoms with Gasteiger partial charge in [-0.3, -0.25) is 14.7 Å². The van der Waals surface area contributed by atoms with Crippen LogP contribution in [-0.2, 0) is 24.4 Å². The maximum absolute atomic E-state index is 13.3. The largest absolute Gasteiger partial charge is 0.492 e. The van der Waals surface area contributed by atoms with Crippen LogP contribution in [0.4, 0.5) is 4.39 Å². The van der Waals surface area contributed by atoms with Gasteiger partial charge in [-0.05, 0) is 47.0 Å². The summed E-state index contributed by atoms with van der Waals surface area (Å²) < 4.78 is 19.2. The number of pyridine rings is 1. The van der Waals surface area contributed by atoms with Crippen molar-refractivity contribution in [3.05, 3.63) is 83.4 Å². The lowest BCUT2D eigenvalue weighted by Gasteiger charge is -2.30. The molecule has 1 aliphatic rings. The van der Waals surface area contributed by atoms with E-state index in [1.54, 1.807) is 24.4 Å². The summed E-state index contributed by atoms with van der Waals surface area (Å²) in [7, 11) is 0. The monoisotopic (exact) mass is 494 g/mol. The Labute approximate surface area is 209 Å². The molecule has 0 aliphatic carbocycles. The van der Waals surface area contributed by atoms with Crippen LogP contribution in [0.1, 0.15) is 16.8 Å². The highest BCUT2D eigenvalue weighted by Crippen LogP contribution is 2.27. The van der Waals surface area contributed by atoms with Crippen molar-refractivity contribution in [1.29, 1.82) is 0 Å². The van der Waals surface area contributed by atoms with E-state index in [9.17, 15) is 19.5 Å². The number of ether oxygens (including phenoxy) is 1. The Hall–Kier alpha value is -3.37. The fourth-order valence-electron chi connectivity index (χ4n) is 4.09. The topological polar surface area (TPSA) is 98.2 Å². The van der Waals surface area contributed by atoms with Gasteiger partial charge < -0.3 is 20.4 Å². The number of hydroxylamine groups is 2. The SMILES string of the molecule is O=C(Cc1ccc(-c2ccc(OCCN3CCN(O)CC3)cc2CO)cn1)NCc1cccc(F)c1. The molecule has 4 rings (SSSR count). The van der Waals surface area contributed by atoms with Gasteiger partial charge in [-0.1, -0.05) is 24.3 Å². The molecule has 1 saturated heterocycles. The lowest BCUT2D eigenvalue weighted by atomic mass is 10.0. The van der Waals surface area contributed by atoms with E-state index in [0.29, 0.717) is 36.7 Å². The minimum absolute atomic E-state index is 0.114. The molecule has 1 amide bonds. The predicted octanol–water partition coefficient (Wildman–Crippen LogP) is 2.62. The van der Waals surface area contributed by atoms with E-state index in [-0.39, 0.29) is 31.3 Å². The zero-order chi connectivity index (χ0) is 25.3. The van der Waals surface area contributed by atoms with Crippen LogP contribution in [0.5, 0.6) is 5.75 Å². The van der Waals surface area contributed by atoms with Crippen LogP contribution in [0.3, 0.4) is 0 Å². The van der Waals surface area contributed by atoms with Gasteiger partial charge >= 0.3 is 0 Å². The Kier molecular flexibility index (Phi) is 8.96. The van der Waals surface area contributed by atoms with Gasteiger partial charge in [0.1, 0.15) is 18.2 Å². The zero-order valence-corrected chi connectivity index (χ0v) is 20.1. The molecule has 2 aromatic carbocycles. The minimum Gasteiger partial charge on any atom is -0.492 e. The Morgan fingerprint density at radius 3 is 2.64 bits per heavy atom. The van der Waals surface area contributed by atoms with E-state index < -0.39 is 0 Å². The van der Waals surface area contributed by atoms with Crippen LogP contribution in [0.2, 0.25) is 0 Å². The molecule has 3 aromatic rings. The first kappa shape index (κ1) is 25.7. The molecule has 8 nitrogen and oxygen atoms in total. The third-order valence-corrected chi connectivity index (χ3v) is 6.13. The minimum atomic E-state index is -0.335. The number of hydrogen-bond donors (Lipinski definition) is 3. The summed E-state index contributed by atoms with van der Waals surface area (Å²) >= 11 is 0. The third-order valence-electron chi connectivity index (χ3n) is 6.13. The Morgan fingerprint density at radius 2 is 1.92 bits per heavy atom. The van der Waals surface area contributed by atoms with Gasteiger partial charge in [0.15, 0.2) is 0 Å². The molecule has 0 atom stereocenters. The average molecular weight is 495 g/mol. The second kappa shape index (κ2) is 12.5. The van der Waals surface area contributed by atoms with E-state index >= 15 is 0 Å². The molecular weight excluding hydrogens is 463 g/mol.